The Bertz CT molecular complexity index is 239. The van der Waals surface area contributed by atoms with E-state index in [2.05, 4.69) is 10.2 Å². The van der Waals surface area contributed by atoms with Crippen molar-refractivity contribution in [1.82, 2.24) is 10.2 Å². The second kappa shape index (κ2) is 4.42. The molecule has 12 heavy (non-hydrogen) atoms. The van der Waals surface area contributed by atoms with Gasteiger partial charge in [-0.1, -0.05) is 12.0 Å². The molecule has 1 heterocycles. The third-order valence-corrected chi connectivity index (χ3v) is 1.57. The topological polar surface area (TPSA) is 48.2 Å². The van der Waals surface area contributed by atoms with Crippen LogP contribution in [0.15, 0.2) is 4.42 Å². The molecule has 0 bridgehead atoms. The molecule has 0 radical (unpaired) electrons. The number of hydrogen-bond donors (Lipinski definition) is 0. The molecule has 0 aliphatic heterocycles. The minimum Gasteiger partial charge on any atom is -0.412 e. The summed E-state index contributed by atoms with van der Waals surface area (Å²) >= 11 is 5.45. The molecule has 68 valence electrons. The van der Waals surface area contributed by atoms with Crippen LogP contribution in [0.2, 0.25) is 5.35 Å². The highest BCUT2D eigenvalue weighted by Gasteiger charge is 2.08. The second-order valence-corrected chi connectivity index (χ2v) is 3.04. The van der Waals surface area contributed by atoms with E-state index in [1.807, 2.05) is 6.92 Å². The quantitative estimate of drug-likeness (QED) is 0.723. The third kappa shape index (κ3) is 2.79. The van der Waals surface area contributed by atoms with Gasteiger partial charge in [0.2, 0.25) is 5.89 Å². The molecule has 0 N–H and O–H groups in total. The Morgan fingerprint density at radius 3 is 2.83 bits per heavy atom. The highest BCUT2D eigenvalue weighted by Crippen LogP contribution is 2.10. The monoisotopic (exact) mass is 190 g/mol. The molecule has 1 unspecified atom stereocenters. The molecule has 0 fully saturated rings. The number of rotatable bonds is 4. The summed E-state index contributed by atoms with van der Waals surface area (Å²) in [5.74, 6) is 0.927. The Labute approximate surface area is 75.9 Å². The summed E-state index contributed by atoms with van der Waals surface area (Å²) in [6.07, 6.45) is 0.702. The fourth-order valence-electron chi connectivity index (χ4n) is 0.957. The fourth-order valence-corrected chi connectivity index (χ4v) is 1.08. The number of halogens is 1. The first-order valence-electron chi connectivity index (χ1n) is 3.69. The maximum absolute atomic E-state index is 5.45. The summed E-state index contributed by atoms with van der Waals surface area (Å²) in [4.78, 5) is 0. The van der Waals surface area contributed by atoms with E-state index in [-0.39, 0.29) is 5.35 Å². The van der Waals surface area contributed by atoms with Crippen LogP contribution in [0.1, 0.15) is 12.8 Å². The van der Waals surface area contributed by atoms with Crippen molar-refractivity contribution in [2.75, 3.05) is 13.7 Å². The van der Waals surface area contributed by atoms with Gasteiger partial charge < -0.3 is 9.15 Å². The molecular weight excluding hydrogens is 180 g/mol. The Hall–Kier alpha value is -0.610. The van der Waals surface area contributed by atoms with Crippen LogP contribution in [0.5, 0.6) is 0 Å². The van der Waals surface area contributed by atoms with Crippen LogP contribution in [0.3, 0.4) is 0 Å². The molecule has 1 aromatic rings. The van der Waals surface area contributed by atoms with E-state index < -0.39 is 0 Å². The minimum absolute atomic E-state index is 0.0922. The van der Waals surface area contributed by atoms with E-state index in [0.717, 1.165) is 0 Å². The van der Waals surface area contributed by atoms with Crippen molar-refractivity contribution in [3.8, 4) is 0 Å². The molecule has 1 aromatic heterocycles. The molecule has 0 amide bonds. The number of methoxy groups -OCH3 is 1. The molecule has 0 spiro atoms. The molecule has 5 heteroatoms. The second-order valence-electron chi connectivity index (χ2n) is 2.71. The summed E-state index contributed by atoms with van der Waals surface area (Å²) in [7, 11) is 1.66. The number of hydrogen-bond acceptors (Lipinski definition) is 4. The summed E-state index contributed by atoms with van der Waals surface area (Å²) in [5, 5.41) is 7.36. The first-order chi connectivity index (χ1) is 5.72. The van der Waals surface area contributed by atoms with Crippen molar-refractivity contribution >= 4 is 11.6 Å². The predicted molar refractivity (Wildman–Crippen MR) is 44.1 cm³/mol. The average Bonchev–Trinajstić information content (AvgIpc) is 2.36. The van der Waals surface area contributed by atoms with E-state index in [4.69, 9.17) is 20.8 Å². The smallest absolute Gasteiger partial charge is 0.312 e. The van der Waals surface area contributed by atoms with Crippen LogP contribution in [0.25, 0.3) is 0 Å². The third-order valence-electron chi connectivity index (χ3n) is 1.42. The van der Waals surface area contributed by atoms with Crippen LogP contribution in [-0.2, 0) is 11.2 Å². The lowest BCUT2D eigenvalue weighted by atomic mass is 10.1. The standard InChI is InChI=1S/C7H11ClN2O2/c1-5(4-11-2)3-6-9-10-7(8)12-6/h5H,3-4H2,1-2H3. The van der Waals surface area contributed by atoms with Gasteiger partial charge in [0, 0.05) is 20.1 Å². The molecule has 0 saturated heterocycles. The van der Waals surface area contributed by atoms with E-state index in [0.29, 0.717) is 24.8 Å². The SMILES string of the molecule is COCC(C)Cc1nnc(Cl)o1. The Balaban J connectivity index is 2.41. The summed E-state index contributed by atoms with van der Waals surface area (Å²) < 4.78 is 9.95. The molecule has 4 nitrogen and oxygen atoms in total. The van der Waals surface area contributed by atoms with Gasteiger partial charge in [-0.15, -0.1) is 5.10 Å². The Morgan fingerprint density at radius 2 is 2.33 bits per heavy atom. The Morgan fingerprint density at radius 1 is 1.58 bits per heavy atom. The molecule has 0 aliphatic rings. The van der Waals surface area contributed by atoms with Crippen LogP contribution >= 0.6 is 11.6 Å². The highest BCUT2D eigenvalue weighted by atomic mass is 35.5. The lowest BCUT2D eigenvalue weighted by molar-refractivity contribution is 0.156. The molecule has 1 rings (SSSR count). The molecule has 0 aliphatic carbocycles. The van der Waals surface area contributed by atoms with Crippen molar-refractivity contribution < 1.29 is 9.15 Å². The summed E-state index contributed by atoms with van der Waals surface area (Å²) in [6, 6.07) is 0. The average molecular weight is 191 g/mol. The summed E-state index contributed by atoms with van der Waals surface area (Å²) in [5.41, 5.74) is 0. The van der Waals surface area contributed by atoms with Crippen molar-refractivity contribution in [3.05, 3.63) is 11.2 Å². The number of ether oxygens (including phenoxy) is 1. The van der Waals surface area contributed by atoms with Gasteiger partial charge in [-0.05, 0) is 17.5 Å². The van der Waals surface area contributed by atoms with Crippen LogP contribution < -0.4 is 0 Å². The van der Waals surface area contributed by atoms with E-state index in [9.17, 15) is 0 Å². The van der Waals surface area contributed by atoms with Gasteiger partial charge in [-0.3, -0.25) is 0 Å². The molecule has 0 saturated carbocycles. The van der Waals surface area contributed by atoms with E-state index in [1.165, 1.54) is 0 Å². The zero-order valence-electron chi connectivity index (χ0n) is 7.08. The summed E-state index contributed by atoms with van der Waals surface area (Å²) in [6.45, 7) is 2.72. The zero-order valence-corrected chi connectivity index (χ0v) is 7.84. The van der Waals surface area contributed by atoms with Gasteiger partial charge in [0.05, 0.1) is 0 Å². The normalized spacial score (nSPS) is 13.2. The van der Waals surface area contributed by atoms with E-state index in [1.54, 1.807) is 7.11 Å². The number of nitrogens with zero attached hydrogens (tertiary/aromatic N) is 2. The highest BCUT2D eigenvalue weighted by molar-refractivity contribution is 6.27. The first kappa shape index (κ1) is 9.48. The minimum atomic E-state index is 0.0922. The van der Waals surface area contributed by atoms with Gasteiger partial charge in [0.25, 0.3) is 0 Å². The molecule has 1 atom stereocenters. The van der Waals surface area contributed by atoms with Crippen LogP contribution in [-0.4, -0.2) is 23.9 Å². The maximum Gasteiger partial charge on any atom is 0.312 e. The lowest BCUT2D eigenvalue weighted by Gasteiger charge is -2.05. The number of aromatic nitrogens is 2. The van der Waals surface area contributed by atoms with Crippen LogP contribution in [0, 0.1) is 5.92 Å². The maximum atomic E-state index is 5.45. The first-order valence-corrected chi connectivity index (χ1v) is 4.07. The van der Waals surface area contributed by atoms with E-state index >= 15 is 0 Å². The van der Waals surface area contributed by atoms with Gasteiger partial charge in [0.1, 0.15) is 0 Å². The largest absolute Gasteiger partial charge is 0.412 e. The van der Waals surface area contributed by atoms with Crippen molar-refractivity contribution in [2.24, 2.45) is 5.92 Å². The zero-order chi connectivity index (χ0) is 8.97. The lowest BCUT2D eigenvalue weighted by Crippen LogP contribution is -2.07. The van der Waals surface area contributed by atoms with Crippen molar-refractivity contribution in [1.29, 1.82) is 0 Å². The Kier molecular flexibility index (Phi) is 3.49. The fraction of sp³-hybridized carbons (Fsp3) is 0.714. The van der Waals surface area contributed by atoms with Gasteiger partial charge in [-0.25, -0.2) is 0 Å². The van der Waals surface area contributed by atoms with Crippen molar-refractivity contribution in [3.63, 3.8) is 0 Å². The predicted octanol–water partition coefficient (Wildman–Crippen LogP) is 1.55. The molecular formula is C7H11ClN2O2. The molecule has 0 aromatic carbocycles. The van der Waals surface area contributed by atoms with Crippen molar-refractivity contribution in [2.45, 2.75) is 13.3 Å². The van der Waals surface area contributed by atoms with Gasteiger partial charge >= 0.3 is 5.35 Å². The van der Waals surface area contributed by atoms with Crippen LogP contribution in [0.4, 0.5) is 0 Å². The van der Waals surface area contributed by atoms with Gasteiger partial charge in [-0.2, -0.15) is 0 Å². The van der Waals surface area contributed by atoms with Gasteiger partial charge in [0.15, 0.2) is 0 Å².